The number of hydrogen-bond acceptors (Lipinski definition) is 1. The molecule has 1 fully saturated rings. The van der Waals surface area contributed by atoms with Crippen molar-refractivity contribution >= 4 is 15.9 Å². The molecule has 1 N–H and O–H groups in total. The zero-order valence-electron chi connectivity index (χ0n) is 9.09. The third-order valence-corrected chi connectivity index (χ3v) is 4.06. The van der Waals surface area contributed by atoms with Crippen LogP contribution in [-0.4, -0.2) is 5.11 Å². The number of halogens is 1. The molecule has 0 unspecified atom stereocenters. The van der Waals surface area contributed by atoms with Crippen LogP contribution in [0.25, 0.3) is 0 Å². The van der Waals surface area contributed by atoms with Crippen molar-refractivity contribution in [1.82, 2.24) is 0 Å². The molecule has 82 valence electrons. The maximum atomic E-state index is 9.93. The standard InChI is InChI=1S/C13H17BrO/c1-13(7-3-2-4-8-13)11-9-10(14)5-6-12(11)15/h5-6,9,15H,2-4,7-8H2,1H3. The van der Waals surface area contributed by atoms with Crippen LogP contribution < -0.4 is 0 Å². The van der Waals surface area contributed by atoms with Crippen LogP contribution >= 0.6 is 15.9 Å². The van der Waals surface area contributed by atoms with Crippen molar-refractivity contribution in [3.8, 4) is 5.75 Å². The molecule has 0 atom stereocenters. The van der Waals surface area contributed by atoms with E-state index < -0.39 is 0 Å². The molecule has 0 aromatic heterocycles. The van der Waals surface area contributed by atoms with Crippen molar-refractivity contribution in [2.45, 2.75) is 44.4 Å². The molecule has 0 saturated heterocycles. The summed E-state index contributed by atoms with van der Waals surface area (Å²) in [4.78, 5) is 0. The molecule has 1 aliphatic rings. The topological polar surface area (TPSA) is 20.2 Å². The van der Waals surface area contributed by atoms with Crippen LogP contribution in [0.15, 0.2) is 22.7 Å². The SMILES string of the molecule is CC1(c2cc(Br)ccc2O)CCCCC1. The maximum Gasteiger partial charge on any atom is 0.119 e. The molecule has 0 heterocycles. The molecule has 0 bridgehead atoms. The van der Waals surface area contributed by atoms with E-state index in [9.17, 15) is 5.11 Å². The summed E-state index contributed by atoms with van der Waals surface area (Å²) in [5.41, 5.74) is 1.28. The quantitative estimate of drug-likeness (QED) is 0.802. The third-order valence-electron chi connectivity index (χ3n) is 3.57. The van der Waals surface area contributed by atoms with Gasteiger partial charge in [0.2, 0.25) is 0 Å². The number of rotatable bonds is 1. The molecule has 1 saturated carbocycles. The number of benzene rings is 1. The second kappa shape index (κ2) is 4.17. The van der Waals surface area contributed by atoms with Gasteiger partial charge in [0.25, 0.3) is 0 Å². The van der Waals surface area contributed by atoms with Gasteiger partial charge in [-0.3, -0.25) is 0 Å². The monoisotopic (exact) mass is 268 g/mol. The Kier molecular flexibility index (Phi) is 3.06. The maximum absolute atomic E-state index is 9.93. The average molecular weight is 269 g/mol. The van der Waals surface area contributed by atoms with E-state index in [-0.39, 0.29) is 5.41 Å². The van der Waals surface area contributed by atoms with Crippen LogP contribution in [0.3, 0.4) is 0 Å². The lowest BCUT2D eigenvalue weighted by molar-refractivity contribution is 0.308. The molecule has 1 aromatic carbocycles. The van der Waals surface area contributed by atoms with Gasteiger partial charge >= 0.3 is 0 Å². The Hall–Kier alpha value is -0.500. The van der Waals surface area contributed by atoms with Gasteiger partial charge in [0, 0.05) is 10.0 Å². The first-order valence-electron chi connectivity index (χ1n) is 5.61. The minimum atomic E-state index is 0.173. The lowest BCUT2D eigenvalue weighted by Gasteiger charge is -2.34. The summed E-state index contributed by atoms with van der Waals surface area (Å²) in [5, 5.41) is 9.93. The van der Waals surface area contributed by atoms with Crippen LogP contribution in [0.1, 0.15) is 44.6 Å². The van der Waals surface area contributed by atoms with Crippen molar-refractivity contribution < 1.29 is 5.11 Å². The molecule has 0 amide bonds. The molecular weight excluding hydrogens is 252 g/mol. The first-order chi connectivity index (χ1) is 7.12. The predicted molar refractivity (Wildman–Crippen MR) is 66.2 cm³/mol. The molecule has 1 aliphatic carbocycles. The second-order valence-corrected chi connectivity index (χ2v) is 5.70. The van der Waals surface area contributed by atoms with Gasteiger partial charge in [-0.15, -0.1) is 0 Å². The smallest absolute Gasteiger partial charge is 0.119 e. The van der Waals surface area contributed by atoms with Crippen molar-refractivity contribution in [3.05, 3.63) is 28.2 Å². The fraction of sp³-hybridized carbons (Fsp3) is 0.538. The van der Waals surface area contributed by atoms with Crippen LogP contribution in [0.2, 0.25) is 0 Å². The summed E-state index contributed by atoms with van der Waals surface area (Å²) in [6.45, 7) is 2.27. The van der Waals surface area contributed by atoms with Crippen molar-refractivity contribution in [3.63, 3.8) is 0 Å². The molecule has 0 spiro atoms. The van der Waals surface area contributed by atoms with Crippen LogP contribution in [0.4, 0.5) is 0 Å². The predicted octanol–water partition coefficient (Wildman–Crippen LogP) is 4.38. The lowest BCUT2D eigenvalue weighted by Crippen LogP contribution is -2.25. The molecule has 0 radical (unpaired) electrons. The minimum absolute atomic E-state index is 0.173. The first kappa shape index (κ1) is 11.0. The first-order valence-corrected chi connectivity index (χ1v) is 6.40. The van der Waals surface area contributed by atoms with E-state index in [4.69, 9.17) is 0 Å². The van der Waals surface area contributed by atoms with Gasteiger partial charge in [-0.25, -0.2) is 0 Å². The van der Waals surface area contributed by atoms with Gasteiger partial charge < -0.3 is 5.11 Å². The summed E-state index contributed by atoms with van der Waals surface area (Å²) in [6, 6.07) is 5.75. The van der Waals surface area contributed by atoms with E-state index in [0.717, 1.165) is 10.0 Å². The molecule has 1 aromatic rings. The van der Waals surface area contributed by atoms with Crippen molar-refractivity contribution in [1.29, 1.82) is 0 Å². The number of phenolic OH excluding ortho intramolecular Hbond substituents is 1. The van der Waals surface area contributed by atoms with Gasteiger partial charge in [0.15, 0.2) is 0 Å². The Morgan fingerprint density at radius 1 is 1.20 bits per heavy atom. The summed E-state index contributed by atoms with van der Waals surface area (Å²) in [6.07, 6.45) is 6.28. The summed E-state index contributed by atoms with van der Waals surface area (Å²) >= 11 is 3.48. The van der Waals surface area contributed by atoms with Crippen molar-refractivity contribution in [2.24, 2.45) is 0 Å². The van der Waals surface area contributed by atoms with Gasteiger partial charge in [0.05, 0.1) is 0 Å². The van der Waals surface area contributed by atoms with Gasteiger partial charge in [-0.2, -0.15) is 0 Å². The normalized spacial score (nSPS) is 20.1. The van der Waals surface area contributed by atoms with Crippen molar-refractivity contribution in [2.75, 3.05) is 0 Å². The van der Waals surface area contributed by atoms with Crippen LogP contribution in [0, 0.1) is 0 Å². The highest BCUT2D eigenvalue weighted by molar-refractivity contribution is 9.10. The number of phenols is 1. The Balaban J connectivity index is 2.38. The fourth-order valence-corrected chi connectivity index (χ4v) is 2.95. The molecule has 2 heteroatoms. The molecule has 0 aliphatic heterocycles. The lowest BCUT2D eigenvalue weighted by atomic mass is 9.71. The molecular formula is C13H17BrO. The van der Waals surface area contributed by atoms with Gasteiger partial charge in [-0.1, -0.05) is 42.1 Å². The minimum Gasteiger partial charge on any atom is -0.508 e. The van der Waals surface area contributed by atoms with E-state index in [1.807, 2.05) is 6.07 Å². The third kappa shape index (κ3) is 2.20. The van der Waals surface area contributed by atoms with Crippen LogP contribution in [-0.2, 0) is 5.41 Å². The highest BCUT2D eigenvalue weighted by Gasteiger charge is 2.30. The van der Waals surface area contributed by atoms with Gasteiger partial charge in [-0.05, 0) is 36.5 Å². The zero-order chi connectivity index (χ0) is 10.9. The number of hydrogen-bond donors (Lipinski definition) is 1. The molecule has 1 nitrogen and oxygen atoms in total. The Labute approximate surface area is 99.6 Å². The Bertz CT molecular complexity index is 354. The Morgan fingerprint density at radius 3 is 2.53 bits per heavy atom. The molecule has 2 rings (SSSR count). The van der Waals surface area contributed by atoms with E-state index in [2.05, 4.69) is 28.9 Å². The van der Waals surface area contributed by atoms with Crippen LogP contribution in [0.5, 0.6) is 5.75 Å². The average Bonchev–Trinajstić information content (AvgIpc) is 2.23. The summed E-state index contributed by atoms with van der Waals surface area (Å²) in [5.74, 6) is 0.447. The van der Waals surface area contributed by atoms with E-state index in [1.165, 1.54) is 32.1 Å². The highest BCUT2D eigenvalue weighted by atomic mass is 79.9. The van der Waals surface area contributed by atoms with E-state index in [0.29, 0.717) is 5.75 Å². The fourth-order valence-electron chi connectivity index (χ4n) is 2.59. The highest BCUT2D eigenvalue weighted by Crippen LogP contribution is 2.43. The van der Waals surface area contributed by atoms with Gasteiger partial charge in [0.1, 0.15) is 5.75 Å². The van der Waals surface area contributed by atoms with E-state index in [1.54, 1.807) is 6.07 Å². The Morgan fingerprint density at radius 2 is 1.87 bits per heavy atom. The summed E-state index contributed by atoms with van der Waals surface area (Å²) < 4.78 is 1.06. The second-order valence-electron chi connectivity index (χ2n) is 4.78. The largest absolute Gasteiger partial charge is 0.508 e. The zero-order valence-corrected chi connectivity index (χ0v) is 10.7. The van der Waals surface area contributed by atoms with E-state index >= 15 is 0 Å². The number of aromatic hydroxyl groups is 1. The molecule has 15 heavy (non-hydrogen) atoms. The summed E-state index contributed by atoms with van der Waals surface area (Å²) in [7, 11) is 0.